The Morgan fingerprint density at radius 1 is 1.56 bits per heavy atom. The molecule has 0 rings (SSSR count). The Kier molecular flexibility index (Phi) is 21.2. The Morgan fingerprint density at radius 2 is 2.00 bits per heavy atom. The summed E-state index contributed by atoms with van der Waals surface area (Å²) in [4.78, 5) is 9.84. The van der Waals surface area contributed by atoms with Gasteiger partial charge in [0.05, 0.1) is 0 Å². The molecule has 0 aromatic heterocycles. The molecule has 0 aliphatic heterocycles. The topological polar surface area (TPSA) is 40.9 Å². The average Bonchev–Trinajstić information content (AvgIpc) is 1.61. The number of carbonyl (C=O) groups excluding carboxylic acids is 1. The van der Waals surface area contributed by atoms with E-state index in [1.54, 1.807) is 6.42 Å². The minimum Gasteiger partial charge on any atom is -0.670 e. The molecule has 4 heteroatoms. The maximum absolute atomic E-state index is 9.84. The van der Waals surface area contributed by atoms with Crippen molar-refractivity contribution in [2.75, 3.05) is 0 Å². The van der Waals surface area contributed by atoms with Crippen LogP contribution >= 0.6 is 0 Å². The van der Waals surface area contributed by atoms with Gasteiger partial charge in [0.25, 0.3) is 0 Å². The molecule has 0 atom stereocenters. The number of amides is 1. The van der Waals surface area contributed by atoms with Crippen molar-refractivity contribution in [2.45, 2.75) is 19.8 Å². The van der Waals surface area contributed by atoms with Gasteiger partial charge in [0, 0.05) is 48.0 Å². The van der Waals surface area contributed by atoms with Crippen LogP contribution in [-0.4, -0.2) is 5.91 Å². The molecule has 0 aromatic rings. The Balaban J connectivity index is -0.000000180. The fourth-order valence-corrected chi connectivity index (χ4v) is 0.275. The predicted octanol–water partition coefficient (Wildman–Crippen LogP) is 1.56. The predicted molar refractivity (Wildman–Crippen MR) is 28.5 cm³/mol. The summed E-state index contributed by atoms with van der Waals surface area (Å²) in [6.45, 7) is 1.95. The first-order valence-corrected chi connectivity index (χ1v) is 2.33. The van der Waals surface area contributed by atoms with Crippen molar-refractivity contribution >= 4 is 5.91 Å². The van der Waals surface area contributed by atoms with Gasteiger partial charge in [0.2, 0.25) is 0 Å². The van der Waals surface area contributed by atoms with Crippen molar-refractivity contribution in [3.8, 4) is 0 Å². The molecule has 0 heterocycles. The summed E-state index contributed by atoms with van der Waals surface area (Å²) in [5, 5.41) is 0. The maximum Gasteiger partial charge on any atom is 0.0186 e. The van der Waals surface area contributed by atoms with E-state index in [0.29, 0.717) is 6.42 Å². The van der Waals surface area contributed by atoms with Crippen molar-refractivity contribution in [3.63, 3.8) is 0 Å². The van der Waals surface area contributed by atoms with Crippen molar-refractivity contribution in [3.05, 3.63) is 12.2 Å². The zero-order valence-corrected chi connectivity index (χ0v) is 9.23. The van der Waals surface area contributed by atoms with Crippen LogP contribution in [0.25, 0.3) is 5.73 Å². The van der Waals surface area contributed by atoms with Crippen molar-refractivity contribution in [2.24, 2.45) is 0 Å². The molecule has 0 unspecified atom stereocenters. The maximum atomic E-state index is 9.84. The van der Waals surface area contributed by atoms with Crippen LogP contribution in [0.15, 0.2) is 0 Å². The van der Waals surface area contributed by atoms with Crippen LogP contribution in [0, 0.1) is 6.42 Å². The summed E-state index contributed by atoms with van der Waals surface area (Å²) >= 11 is 0. The molecule has 0 aromatic carbocycles. The number of carbonyl (C=O) groups is 1. The molecule has 9 heavy (non-hydrogen) atoms. The zero-order chi connectivity index (χ0) is 5.70. The number of rotatable bonds is 3. The fraction of sp³-hybridized carbons (Fsp3) is 0.600. The van der Waals surface area contributed by atoms with E-state index in [-0.39, 0.29) is 42.1 Å². The van der Waals surface area contributed by atoms with E-state index < -0.39 is 5.91 Å². The third-order valence-electron chi connectivity index (χ3n) is 0.618. The van der Waals surface area contributed by atoms with Gasteiger partial charge in [-0.1, -0.05) is 6.92 Å². The Bertz CT molecular complexity index is 68.0. The van der Waals surface area contributed by atoms with E-state index in [0.717, 1.165) is 6.42 Å². The normalized spacial score (nSPS) is 6.78. The van der Waals surface area contributed by atoms with E-state index in [1.807, 2.05) is 6.92 Å². The standard InChI is InChI=1S/C5H10NO.2Mo/c1-2-3-4-5(6)7;;/h3H,2,4H2,1H3,(H2,6,7);;/q-1;;/p-1. The SMILES string of the molecule is CC[CH-]CC([NH-])=O.[Mo].[Mo]. The number of hydrogen-bond acceptors (Lipinski definition) is 1. The molecule has 0 spiro atoms. The molecular formula is C5H9Mo2NO-2. The third kappa shape index (κ3) is 17.7. The first kappa shape index (κ1) is 16.4. The minimum absolute atomic E-state index is 0. The molecule has 2 nitrogen and oxygen atoms in total. The van der Waals surface area contributed by atoms with E-state index in [9.17, 15) is 4.79 Å². The van der Waals surface area contributed by atoms with E-state index in [1.165, 1.54) is 0 Å². The van der Waals surface area contributed by atoms with Gasteiger partial charge < -0.3 is 16.9 Å². The second-order valence-corrected chi connectivity index (χ2v) is 1.32. The van der Waals surface area contributed by atoms with Crippen LogP contribution in [-0.2, 0) is 46.9 Å². The van der Waals surface area contributed by atoms with Crippen LogP contribution in [0.2, 0.25) is 0 Å². The van der Waals surface area contributed by atoms with Gasteiger partial charge >= 0.3 is 0 Å². The summed E-state index contributed by atoms with van der Waals surface area (Å²) in [7, 11) is 0. The number of unbranched alkanes of at least 4 members (excludes halogenated alkanes) is 1. The van der Waals surface area contributed by atoms with Crippen molar-refractivity contribution in [1.29, 1.82) is 0 Å². The monoisotopic (exact) mass is 295 g/mol. The summed E-state index contributed by atoms with van der Waals surface area (Å²) in [6.07, 6.45) is 2.97. The molecule has 0 radical (unpaired) electrons. The summed E-state index contributed by atoms with van der Waals surface area (Å²) < 4.78 is 0. The molecule has 1 amide bonds. The first-order chi connectivity index (χ1) is 3.27. The zero-order valence-electron chi connectivity index (χ0n) is 5.22. The van der Waals surface area contributed by atoms with Crippen LogP contribution in [0.5, 0.6) is 0 Å². The van der Waals surface area contributed by atoms with Gasteiger partial charge in [-0.3, -0.25) is 0 Å². The average molecular weight is 291 g/mol. The van der Waals surface area contributed by atoms with E-state index in [4.69, 9.17) is 5.73 Å². The van der Waals surface area contributed by atoms with Crippen LogP contribution in [0.1, 0.15) is 19.8 Å². The quantitative estimate of drug-likeness (QED) is 0.574. The summed E-state index contributed by atoms with van der Waals surface area (Å²) in [5.74, 6) is -0.498. The Hall–Kier alpha value is 0.847. The smallest absolute Gasteiger partial charge is 0.0186 e. The molecule has 1 N–H and O–H groups in total. The van der Waals surface area contributed by atoms with Crippen LogP contribution in [0.4, 0.5) is 0 Å². The van der Waals surface area contributed by atoms with Crippen molar-refractivity contribution < 1.29 is 46.9 Å². The van der Waals surface area contributed by atoms with Gasteiger partial charge in [-0.15, -0.1) is 6.42 Å². The van der Waals surface area contributed by atoms with Gasteiger partial charge in [0.15, 0.2) is 0 Å². The Labute approximate surface area is 84.5 Å². The molecule has 0 fully saturated rings. The minimum atomic E-state index is -0.498. The van der Waals surface area contributed by atoms with Gasteiger partial charge in [-0.05, 0) is 0 Å². The second-order valence-electron chi connectivity index (χ2n) is 1.32. The van der Waals surface area contributed by atoms with Gasteiger partial charge in [-0.25, -0.2) is 0 Å². The molecule has 0 bridgehead atoms. The second kappa shape index (κ2) is 11.6. The van der Waals surface area contributed by atoms with Gasteiger partial charge in [-0.2, -0.15) is 6.42 Å². The largest absolute Gasteiger partial charge is 0.670 e. The molecule has 0 aliphatic carbocycles. The summed E-state index contributed by atoms with van der Waals surface area (Å²) in [6, 6.07) is 0. The third-order valence-corrected chi connectivity index (χ3v) is 0.618. The molecule has 0 saturated heterocycles. The molecule has 0 aliphatic rings. The molecule has 54 valence electrons. The Morgan fingerprint density at radius 3 is 2.11 bits per heavy atom. The van der Waals surface area contributed by atoms with Crippen LogP contribution in [0.3, 0.4) is 0 Å². The molecule has 0 saturated carbocycles. The fourth-order valence-electron chi connectivity index (χ4n) is 0.275. The van der Waals surface area contributed by atoms with Crippen molar-refractivity contribution in [1.82, 2.24) is 0 Å². The molecular weight excluding hydrogens is 282 g/mol. The van der Waals surface area contributed by atoms with Crippen LogP contribution < -0.4 is 0 Å². The number of hydrogen-bond donors (Lipinski definition) is 0. The first-order valence-electron chi connectivity index (χ1n) is 2.33. The van der Waals surface area contributed by atoms with E-state index in [2.05, 4.69) is 0 Å². The van der Waals surface area contributed by atoms with E-state index >= 15 is 0 Å². The van der Waals surface area contributed by atoms with Gasteiger partial charge in [0.1, 0.15) is 0 Å². The number of nitrogens with one attached hydrogen (secondary N) is 1. The summed E-state index contributed by atoms with van der Waals surface area (Å²) in [5.41, 5.74) is 6.41.